The number of hydrazone groups is 1. The van der Waals surface area contributed by atoms with E-state index < -0.39 is 22.5 Å². The van der Waals surface area contributed by atoms with Gasteiger partial charge in [-0.1, -0.05) is 42.5 Å². The van der Waals surface area contributed by atoms with E-state index in [1.54, 1.807) is 54.0 Å². The third kappa shape index (κ3) is 5.52. The van der Waals surface area contributed by atoms with Gasteiger partial charge in [0.05, 0.1) is 22.5 Å². The number of halogens is 1. The number of sulfonamides is 1. The summed E-state index contributed by atoms with van der Waals surface area (Å²) >= 11 is 0. The van der Waals surface area contributed by atoms with Gasteiger partial charge in [-0.25, -0.2) is 18.2 Å². The molecule has 0 fully saturated rings. The number of rotatable bonds is 8. The number of para-hydroxylation sites is 1. The molecule has 0 saturated carbocycles. The van der Waals surface area contributed by atoms with Crippen molar-refractivity contribution in [2.45, 2.75) is 32.6 Å². The van der Waals surface area contributed by atoms with Crippen molar-refractivity contribution in [3.05, 3.63) is 113 Å². The molecule has 38 heavy (non-hydrogen) atoms. The molecule has 0 saturated heterocycles. The van der Waals surface area contributed by atoms with Crippen LogP contribution in [0.25, 0.3) is 5.69 Å². The Bertz CT molecular complexity index is 1610. The van der Waals surface area contributed by atoms with Gasteiger partial charge < -0.3 is 4.57 Å². The van der Waals surface area contributed by atoms with Crippen LogP contribution in [0.4, 0.5) is 10.1 Å². The fourth-order valence-electron chi connectivity index (χ4n) is 4.27. The van der Waals surface area contributed by atoms with Crippen molar-refractivity contribution in [2.24, 2.45) is 5.10 Å². The van der Waals surface area contributed by atoms with E-state index in [0.717, 1.165) is 21.3 Å². The van der Waals surface area contributed by atoms with Crippen molar-refractivity contribution in [1.29, 1.82) is 0 Å². The van der Waals surface area contributed by atoms with Gasteiger partial charge in [-0.3, -0.25) is 9.10 Å². The summed E-state index contributed by atoms with van der Waals surface area (Å²) in [5.41, 5.74) is 7.09. The van der Waals surface area contributed by atoms with Gasteiger partial charge >= 0.3 is 0 Å². The summed E-state index contributed by atoms with van der Waals surface area (Å²) in [7, 11) is -4.03. The highest BCUT2D eigenvalue weighted by atomic mass is 32.2. The van der Waals surface area contributed by atoms with Crippen molar-refractivity contribution in [2.75, 3.05) is 10.8 Å². The molecule has 1 heterocycles. The molecule has 0 atom stereocenters. The molecule has 1 N–H and O–H groups in total. The number of hydrogen-bond donors (Lipinski definition) is 1. The van der Waals surface area contributed by atoms with Crippen molar-refractivity contribution in [3.8, 4) is 5.69 Å². The Kier molecular flexibility index (Phi) is 7.78. The first-order valence-corrected chi connectivity index (χ1v) is 13.4. The van der Waals surface area contributed by atoms with Gasteiger partial charge in [-0.15, -0.1) is 0 Å². The Morgan fingerprint density at radius 2 is 1.66 bits per heavy atom. The first kappa shape index (κ1) is 26.8. The number of benzene rings is 3. The van der Waals surface area contributed by atoms with Crippen LogP contribution in [0.2, 0.25) is 0 Å². The number of carbonyl (C=O) groups is 1. The number of amides is 1. The maximum Gasteiger partial charge on any atom is 0.264 e. The lowest BCUT2D eigenvalue weighted by Gasteiger charge is -2.25. The molecular formula is C29H29FN4O3S. The summed E-state index contributed by atoms with van der Waals surface area (Å²) in [4.78, 5) is 13.0. The predicted octanol–water partition coefficient (Wildman–Crippen LogP) is 5.20. The molecule has 0 bridgehead atoms. The number of aryl methyl sites for hydroxylation is 3. The molecular weight excluding hydrogens is 503 g/mol. The molecule has 1 aromatic heterocycles. The zero-order valence-corrected chi connectivity index (χ0v) is 22.5. The Morgan fingerprint density at radius 3 is 2.37 bits per heavy atom. The lowest BCUT2D eigenvalue weighted by molar-refractivity contribution is -0.119. The largest absolute Gasteiger partial charge is 0.315 e. The second-order valence-corrected chi connectivity index (χ2v) is 10.9. The second-order valence-electron chi connectivity index (χ2n) is 9.02. The van der Waals surface area contributed by atoms with Gasteiger partial charge in [-0.2, -0.15) is 5.10 Å². The van der Waals surface area contributed by atoms with Crippen molar-refractivity contribution in [1.82, 2.24) is 9.99 Å². The van der Waals surface area contributed by atoms with E-state index in [4.69, 9.17) is 0 Å². The molecule has 0 aliphatic carbocycles. The molecule has 3 aromatic carbocycles. The molecule has 0 radical (unpaired) electrons. The van der Waals surface area contributed by atoms with E-state index in [1.807, 2.05) is 39.0 Å². The third-order valence-corrected chi connectivity index (χ3v) is 7.98. The van der Waals surface area contributed by atoms with E-state index in [1.165, 1.54) is 24.4 Å². The molecule has 0 unspecified atom stereocenters. The fraction of sp³-hybridized carbons (Fsp3) is 0.172. The van der Waals surface area contributed by atoms with Crippen LogP contribution >= 0.6 is 0 Å². The Labute approximate surface area is 222 Å². The average Bonchev–Trinajstić information content (AvgIpc) is 3.17. The van der Waals surface area contributed by atoms with Gasteiger partial charge in [0.15, 0.2) is 0 Å². The summed E-state index contributed by atoms with van der Waals surface area (Å²) in [6, 6.07) is 21.7. The van der Waals surface area contributed by atoms with E-state index in [-0.39, 0.29) is 10.7 Å². The minimum absolute atomic E-state index is 0.0813. The van der Waals surface area contributed by atoms with Crippen molar-refractivity contribution in [3.63, 3.8) is 0 Å². The van der Waals surface area contributed by atoms with E-state index in [9.17, 15) is 17.6 Å². The van der Waals surface area contributed by atoms with Gasteiger partial charge in [0.2, 0.25) is 0 Å². The molecule has 4 aromatic rings. The van der Waals surface area contributed by atoms with Crippen molar-refractivity contribution < 1.29 is 17.6 Å². The van der Waals surface area contributed by atoms with E-state index >= 15 is 0 Å². The normalized spacial score (nSPS) is 11.6. The minimum Gasteiger partial charge on any atom is -0.315 e. The maximum absolute atomic E-state index is 14.4. The fourth-order valence-corrected chi connectivity index (χ4v) is 5.77. The van der Waals surface area contributed by atoms with Gasteiger partial charge in [0.25, 0.3) is 15.9 Å². The number of carbonyl (C=O) groups excluding carboxylic acids is 1. The number of hydrogen-bond acceptors (Lipinski definition) is 4. The highest BCUT2D eigenvalue weighted by molar-refractivity contribution is 7.92. The zero-order valence-electron chi connectivity index (χ0n) is 21.6. The molecule has 9 heteroatoms. The molecule has 4 rings (SSSR count). The Balaban J connectivity index is 1.58. The Hall–Kier alpha value is -4.24. The van der Waals surface area contributed by atoms with E-state index in [0.29, 0.717) is 22.5 Å². The molecule has 1 amide bonds. The summed E-state index contributed by atoms with van der Waals surface area (Å²) in [5.74, 6) is -0.957. The average molecular weight is 533 g/mol. The highest BCUT2D eigenvalue weighted by Gasteiger charge is 2.28. The molecule has 0 aliphatic rings. The van der Waals surface area contributed by atoms with Crippen LogP contribution < -0.4 is 9.73 Å². The van der Waals surface area contributed by atoms with Gasteiger partial charge in [0.1, 0.15) is 12.4 Å². The Morgan fingerprint density at radius 1 is 0.974 bits per heavy atom. The van der Waals surface area contributed by atoms with Crippen molar-refractivity contribution >= 4 is 27.8 Å². The standard InChI is InChI=1S/C29H29FN4O3S/c1-20-14-15-21(2)28(16-20)33(38(36,37)25-10-6-5-7-11-25)19-29(35)32-31-18-24-17-22(3)34(23(24)4)27-13-9-8-12-26(27)30/h5-18H,19H2,1-4H3,(H,32,35)/b31-18-. The smallest absolute Gasteiger partial charge is 0.264 e. The van der Waals surface area contributed by atoms with Gasteiger partial charge in [0, 0.05) is 17.0 Å². The second kappa shape index (κ2) is 11.0. The van der Waals surface area contributed by atoms with Crippen LogP contribution in [0.5, 0.6) is 0 Å². The number of nitrogens with one attached hydrogen (secondary N) is 1. The highest BCUT2D eigenvalue weighted by Crippen LogP contribution is 2.28. The SMILES string of the molecule is Cc1ccc(C)c(N(CC(=O)N/N=C\c2cc(C)n(-c3ccccc3F)c2C)S(=O)(=O)c2ccccc2)c1. The lowest BCUT2D eigenvalue weighted by atomic mass is 10.1. The lowest BCUT2D eigenvalue weighted by Crippen LogP contribution is -2.40. The molecule has 0 aliphatic heterocycles. The van der Waals surface area contributed by atoms with Crippen LogP contribution in [0, 0.1) is 33.5 Å². The molecule has 0 spiro atoms. The zero-order chi connectivity index (χ0) is 27.4. The summed E-state index contributed by atoms with van der Waals surface area (Å²) < 4.78 is 44.3. The molecule has 7 nitrogen and oxygen atoms in total. The minimum atomic E-state index is -4.03. The number of nitrogens with zero attached hydrogens (tertiary/aromatic N) is 3. The van der Waals surface area contributed by atoms with E-state index in [2.05, 4.69) is 10.5 Å². The number of aromatic nitrogens is 1. The topological polar surface area (TPSA) is 83.8 Å². The first-order valence-electron chi connectivity index (χ1n) is 12.0. The maximum atomic E-state index is 14.4. The monoisotopic (exact) mass is 532 g/mol. The third-order valence-electron chi connectivity index (χ3n) is 6.21. The predicted molar refractivity (Wildman–Crippen MR) is 148 cm³/mol. The van der Waals surface area contributed by atoms with Crippen LogP contribution in [-0.2, 0) is 14.8 Å². The van der Waals surface area contributed by atoms with Crippen LogP contribution in [0.15, 0.2) is 88.9 Å². The van der Waals surface area contributed by atoms with Crippen LogP contribution in [0.3, 0.4) is 0 Å². The quantitative estimate of drug-likeness (QED) is 0.250. The summed E-state index contributed by atoms with van der Waals surface area (Å²) in [5, 5.41) is 4.06. The summed E-state index contributed by atoms with van der Waals surface area (Å²) in [6.45, 7) is 6.87. The number of anilines is 1. The van der Waals surface area contributed by atoms with Crippen LogP contribution in [0.1, 0.15) is 28.1 Å². The first-order chi connectivity index (χ1) is 18.1. The van der Waals surface area contributed by atoms with Gasteiger partial charge in [-0.05, 0) is 75.2 Å². The van der Waals surface area contributed by atoms with Crippen LogP contribution in [-0.4, -0.2) is 31.7 Å². The summed E-state index contributed by atoms with van der Waals surface area (Å²) in [6.07, 6.45) is 1.46. The molecule has 196 valence electrons.